The molecule has 0 N–H and O–H groups in total. The molecule has 0 nitrogen and oxygen atoms in total. The van der Waals surface area contributed by atoms with Crippen molar-refractivity contribution in [2.45, 2.75) is 33.6 Å². The van der Waals surface area contributed by atoms with E-state index in [1.165, 1.54) is 18.4 Å². The van der Waals surface area contributed by atoms with Crippen LogP contribution in [0.15, 0.2) is 24.3 Å². The van der Waals surface area contributed by atoms with Gasteiger partial charge in [-0.1, -0.05) is 45.0 Å². The lowest BCUT2D eigenvalue weighted by molar-refractivity contribution is 0.378. The zero-order chi connectivity index (χ0) is 9.03. The lowest BCUT2D eigenvalue weighted by Crippen LogP contribution is -2.06. The summed E-state index contributed by atoms with van der Waals surface area (Å²) < 4.78 is 0. The number of hydrogen-bond donors (Lipinski definition) is 0. The molecule has 65 valence electrons. The number of rotatable bonds is 2. The summed E-state index contributed by atoms with van der Waals surface area (Å²) in [6.07, 6.45) is 2.43. The van der Waals surface area contributed by atoms with Gasteiger partial charge in [0.25, 0.3) is 0 Å². The molecule has 0 aromatic heterocycles. The number of benzene rings is 1. The van der Waals surface area contributed by atoms with Gasteiger partial charge in [0.2, 0.25) is 0 Å². The fourth-order valence-electron chi connectivity index (χ4n) is 1.11. The van der Waals surface area contributed by atoms with Gasteiger partial charge in [-0.2, -0.15) is 0 Å². The normalized spacial score (nSPS) is 11.6. The molecule has 0 fully saturated rings. The van der Waals surface area contributed by atoms with Gasteiger partial charge in [-0.15, -0.1) is 0 Å². The molecule has 12 heavy (non-hydrogen) atoms. The zero-order valence-corrected chi connectivity index (χ0v) is 8.22. The highest BCUT2D eigenvalue weighted by Crippen LogP contribution is 2.20. The first-order chi connectivity index (χ1) is 5.58. The van der Waals surface area contributed by atoms with Crippen molar-refractivity contribution >= 4 is 0 Å². The van der Waals surface area contributed by atoms with Crippen molar-refractivity contribution in [3.63, 3.8) is 0 Å². The molecular formula is C12H17. The van der Waals surface area contributed by atoms with Crippen LogP contribution in [0.1, 0.15) is 32.8 Å². The van der Waals surface area contributed by atoms with Gasteiger partial charge < -0.3 is 0 Å². The van der Waals surface area contributed by atoms with Crippen LogP contribution in [-0.4, -0.2) is 0 Å². The molecule has 0 heteroatoms. The van der Waals surface area contributed by atoms with Crippen molar-refractivity contribution in [3.05, 3.63) is 35.9 Å². The Hall–Kier alpha value is -0.780. The van der Waals surface area contributed by atoms with Crippen molar-refractivity contribution in [2.24, 2.45) is 5.41 Å². The summed E-state index contributed by atoms with van der Waals surface area (Å²) >= 11 is 0. The Morgan fingerprint density at radius 3 is 2.25 bits per heavy atom. The Labute approximate surface area is 75.6 Å². The second-order valence-electron chi connectivity index (χ2n) is 4.47. The zero-order valence-electron chi connectivity index (χ0n) is 8.22. The second kappa shape index (κ2) is 3.75. The Balaban J connectivity index is 2.44. The van der Waals surface area contributed by atoms with Crippen LogP contribution in [0.3, 0.4) is 0 Å². The van der Waals surface area contributed by atoms with Gasteiger partial charge in [-0.05, 0) is 29.9 Å². The van der Waals surface area contributed by atoms with E-state index in [-0.39, 0.29) is 0 Å². The maximum atomic E-state index is 3.03. The molecule has 0 saturated carbocycles. The van der Waals surface area contributed by atoms with Crippen LogP contribution in [0, 0.1) is 11.5 Å². The Morgan fingerprint density at radius 1 is 1.17 bits per heavy atom. The lowest BCUT2D eigenvalue weighted by Gasteiger charge is -2.17. The second-order valence-corrected chi connectivity index (χ2v) is 4.47. The molecule has 1 aromatic rings. The van der Waals surface area contributed by atoms with E-state index in [0.717, 1.165) is 0 Å². The van der Waals surface area contributed by atoms with Crippen LogP contribution in [-0.2, 0) is 6.42 Å². The third-order valence-corrected chi connectivity index (χ3v) is 1.95. The van der Waals surface area contributed by atoms with Crippen LogP contribution in [0.2, 0.25) is 0 Å². The van der Waals surface area contributed by atoms with E-state index in [2.05, 4.69) is 39.0 Å². The molecule has 0 aliphatic heterocycles. The van der Waals surface area contributed by atoms with Gasteiger partial charge in [-0.3, -0.25) is 0 Å². The molecule has 0 heterocycles. The monoisotopic (exact) mass is 161 g/mol. The van der Waals surface area contributed by atoms with E-state index < -0.39 is 0 Å². The van der Waals surface area contributed by atoms with Gasteiger partial charge in [0, 0.05) is 0 Å². The van der Waals surface area contributed by atoms with Crippen LogP contribution < -0.4 is 0 Å². The highest BCUT2D eigenvalue weighted by Gasteiger charge is 2.09. The number of hydrogen-bond acceptors (Lipinski definition) is 0. The van der Waals surface area contributed by atoms with Gasteiger partial charge in [0.1, 0.15) is 0 Å². The molecule has 0 aliphatic rings. The molecule has 0 saturated heterocycles. The minimum absolute atomic E-state index is 0.444. The maximum absolute atomic E-state index is 3.03. The fourth-order valence-corrected chi connectivity index (χ4v) is 1.11. The van der Waals surface area contributed by atoms with Gasteiger partial charge in [-0.25, -0.2) is 0 Å². The van der Waals surface area contributed by atoms with E-state index in [1.807, 2.05) is 12.1 Å². The molecule has 1 radical (unpaired) electrons. The highest BCUT2D eigenvalue weighted by atomic mass is 14.1. The van der Waals surface area contributed by atoms with E-state index >= 15 is 0 Å². The topological polar surface area (TPSA) is 0 Å². The van der Waals surface area contributed by atoms with Crippen LogP contribution in [0.4, 0.5) is 0 Å². The Morgan fingerprint density at radius 2 is 1.75 bits per heavy atom. The molecule has 0 aliphatic carbocycles. The lowest BCUT2D eigenvalue weighted by atomic mass is 9.89. The SMILES string of the molecule is CC(C)(C)CCc1cc[c]cc1. The summed E-state index contributed by atoms with van der Waals surface area (Å²) in [5.41, 5.74) is 1.86. The van der Waals surface area contributed by atoms with E-state index in [9.17, 15) is 0 Å². The quantitative estimate of drug-likeness (QED) is 0.623. The van der Waals surface area contributed by atoms with E-state index in [4.69, 9.17) is 0 Å². The van der Waals surface area contributed by atoms with Gasteiger partial charge >= 0.3 is 0 Å². The maximum Gasteiger partial charge on any atom is -0.0184 e. The van der Waals surface area contributed by atoms with Crippen LogP contribution in [0.25, 0.3) is 0 Å². The Bertz CT molecular complexity index is 216. The summed E-state index contributed by atoms with van der Waals surface area (Å²) in [4.78, 5) is 0. The standard InChI is InChI=1S/C12H17/c1-12(2,3)10-9-11-7-5-4-6-8-11/h5-8H,9-10H2,1-3H3. The largest absolute Gasteiger partial charge is 0.0602 e. The van der Waals surface area contributed by atoms with Crippen molar-refractivity contribution in [1.29, 1.82) is 0 Å². The summed E-state index contributed by atoms with van der Waals surface area (Å²) in [6.45, 7) is 6.84. The van der Waals surface area contributed by atoms with E-state index in [0.29, 0.717) is 5.41 Å². The predicted molar refractivity (Wildman–Crippen MR) is 53.1 cm³/mol. The molecule has 0 bridgehead atoms. The minimum atomic E-state index is 0.444. The van der Waals surface area contributed by atoms with Crippen LogP contribution >= 0.6 is 0 Å². The average Bonchev–Trinajstić information content (AvgIpc) is 2.02. The van der Waals surface area contributed by atoms with E-state index in [1.54, 1.807) is 0 Å². The predicted octanol–water partition coefficient (Wildman–Crippen LogP) is 3.47. The molecule has 0 spiro atoms. The highest BCUT2D eigenvalue weighted by molar-refractivity contribution is 5.13. The minimum Gasteiger partial charge on any atom is -0.0602 e. The van der Waals surface area contributed by atoms with Gasteiger partial charge in [0.05, 0.1) is 0 Å². The van der Waals surface area contributed by atoms with Gasteiger partial charge in [0.15, 0.2) is 0 Å². The molecule has 0 unspecified atom stereocenters. The summed E-state index contributed by atoms with van der Waals surface area (Å²) in [5, 5.41) is 0. The first-order valence-electron chi connectivity index (χ1n) is 4.53. The fraction of sp³-hybridized carbons (Fsp3) is 0.500. The average molecular weight is 161 g/mol. The number of aryl methyl sites for hydroxylation is 1. The summed E-state index contributed by atoms with van der Waals surface area (Å²) in [6, 6.07) is 11.3. The Kier molecular flexibility index (Phi) is 2.91. The van der Waals surface area contributed by atoms with Crippen molar-refractivity contribution < 1.29 is 0 Å². The van der Waals surface area contributed by atoms with Crippen LogP contribution in [0.5, 0.6) is 0 Å². The molecule has 0 atom stereocenters. The first-order valence-corrected chi connectivity index (χ1v) is 4.53. The third-order valence-electron chi connectivity index (χ3n) is 1.95. The van der Waals surface area contributed by atoms with Crippen molar-refractivity contribution in [1.82, 2.24) is 0 Å². The summed E-state index contributed by atoms with van der Waals surface area (Å²) in [5.74, 6) is 0. The van der Waals surface area contributed by atoms with Crippen molar-refractivity contribution in [3.8, 4) is 0 Å². The molecule has 1 aromatic carbocycles. The smallest absolute Gasteiger partial charge is 0.0184 e. The molecular weight excluding hydrogens is 144 g/mol. The first kappa shape index (κ1) is 9.31. The molecule has 0 amide bonds. The third kappa shape index (κ3) is 3.56. The molecule has 1 rings (SSSR count). The van der Waals surface area contributed by atoms with Crippen molar-refractivity contribution in [2.75, 3.05) is 0 Å². The summed E-state index contributed by atoms with van der Waals surface area (Å²) in [7, 11) is 0.